The van der Waals surface area contributed by atoms with Crippen molar-refractivity contribution in [1.29, 1.82) is 0 Å². The molecule has 174 valence electrons. The fraction of sp³-hybridized carbons (Fsp3) is 0.435. The predicted molar refractivity (Wildman–Crippen MR) is 124 cm³/mol. The molecule has 4 heterocycles. The smallest absolute Gasteiger partial charge is 0.263 e. The Labute approximate surface area is 197 Å². The number of benzene rings is 1. The number of aromatic nitrogens is 4. The minimum Gasteiger partial charge on any atom is -0.433 e. The van der Waals surface area contributed by atoms with Gasteiger partial charge in [0.15, 0.2) is 11.6 Å². The number of likely N-dealkylation sites (tertiary alicyclic amines) is 1. The topological polar surface area (TPSA) is 112 Å². The molecule has 0 bridgehead atoms. The van der Waals surface area contributed by atoms with E-state index >= 15 is 0 Å². The number of aryl methyl sites for hydroxylation is 1. The van der Waals surface area contributed by atoms with E-state index in [1.165, 1.54) is 0 Å². The van der Waals surface area contributed by atoms with Gasteiger partial charge in [-0.25, -0.2) is 9.97 Å². The maximum Gasteiger partial charge on any atom is 0.263 e. The summed E-state index contributed by atoms with van der Waals surface area (Å²) in [5, 5.41) is 15.8. The number of nitrogens with two attached hydrogens (primary N) is 1. The number of rotatable bonds is 5. The van der Waals surface area contributed by atoms with Crippen LogP contribution in [0.3, 0.4) is 0 Å². The largest absolute Gasteiger partial charge is 0.433 e. The van der Waals surface area contributed by atoms with Crippen LogP contribution >= 0.6 is 11.6 Å². The minimum atomic E-state index is -1.10. The number of hydrogen-bond donors (Lipinski definition) is 2. The molecule has 0 radical (unpaired) electrons. The minimum absolute atomic E-state index is 0.183. The van der Waals surface area contributed by atoms with E-state index in [-0.39, 0.29) is 24.9 Å². The molecule has 2 fully saturated rings. The molecule has 0 atom stereocenters. The number of hydrogen-bond acceptors (Lipinski definition) is 8. The molecular weight excluding hydrogens is 444 g/mol. The molecule has 0 saturated carbocycles. The maximum atomic E-state index is 10.8. The van der Waals surface area contributed by atoms with Crippen LogP contribution in [0.4, 0.5) is 5.82 Å². The van der Waals surface area contributed by atoms with Gasteiger partial charge in [-0.05, 0) is 57.6 Å². The molecule has 33 heavy (non-hydrogen) atoms. The Bertz CT molecular complexity index is 1170. The molecule has 2 aliphatic rings. The van der Waals surface area contributed by atoms with Crippen LogP contribution in [0.1, 0.15) is 30.0 Å². The summed E-state index contributed by atoms with van der Waals surface area (Å²) in [4.78, 5) is 11.2. The van der Waals surface area contributed by atoms with Crippen LogP contribution in [-0.4, -0.2) is 63.1 Å². The van der Waals surface area contributed by atoms with Gasteiger partial charge in [0.05, 0.1) is 43.5 Å². The lowest BCUT2D eigenvalue weighted by atomic mass is 9.89. The Morgan fingerprint density at radius 1 is 1.24 bits per heavy atom. The third-order valence-electron chi connectivity index (χ3n) is 6.35. The van der Waals surface area contributed by atoms with Crippen molar-refractivity contribution in [3.63, 3.8) is 0 Å². The van der Waals surface area contributed by atoms with Gasteiger partial charge in [0.1, 0.15) is 5.60 Å². The van der Waals surface area contributed by atoms with Gasteiger partial charge in [-0.3, -0.25) is 4.68 Å². The monoisotopic (exact) mass is 470 g/mol. The molecule has 0 unspecified atom stereocenters. The highest BCUT2D eigenvalue weighted by Gasteiger charge is 2.40. The van der Waals surface area contributed by atoms with E-state index in [2.05, 4.69) is 27.0 Å². The first-order valence-electron chi connectivity index (χ1n) is 11.0. The molecule has 2 saturated heterocycles. The highest BCUT2D eigenvalue weighted by atomic mass is 35.5. The Hall–Kier alpha value is -2.72. The van der Waals surface area contributed by atoms with Crippen LogP contribution < -0.4 is 10.5 Å². The molecule has 2 aliphatic heterocycles. The molecule has 0 spiro atoms. The third-order valence-corrected chi connectivity index (χ3v) is 6.86. The van der Waals surface area contributed by atoms with Gasteiger partial charge in [0.2, 0.25) is 0 Å². The summed E-state index contributed by atoms with van der Waals surface area (Å²) < 4.78 is 13.1. The molecule has 5 rings (SSSR count). The Morgan fingerprint density at radius 2 is 2.00 bits per heavy atom. The number of ether oxygens (including phenoxy) is 2. The Morgan fingerprint density at radius 3 is 2.70 bits per heavy atom. The van der Waals surface area contributed by atoms with Crippen molar-refractivity contribution in [3.8, 4) is 22.9 Å². The van der Waals surface area contributed by atoms with Crippen LogP contribution in [0.25, 0.3) is 11.3 Å². The third kappa shape index (κ3) is 4.29. The van der Waals surface area contributed by atoms with Gasteiger partial charge < -0.3 is 25.2 Å². The second kappa shape index (κ2) is 8.57. The molecule has 3 N–H and O–H groups in total. The quantitative estimate of drug-likeness (QED) is 0.584. The van der Waals surface area contributed by atoms with Crippen LogP contribution in [0.5, 0.6) is 11.6 Å². The fourth-order valence-electron chi connectivity index (χ4n) is 4.25. The summed E-state index contributed by atoms with van der Waals surface area (Å²) in [6.45, 7) is 4.39. The number of aliphatic hydroxyl groups is 1. The highest BCUT2D eigenvalue weighted by molar-refractivity contribution is 6.32. The molecule has 0 aliphatic carbocycles. The number of anilines is 1. The van der Waals surface area contributed by atoms with E-state index in [9.17, 15) is 5.11 Å². The number of halogens is 1. The number of nitrogens with zero attached hydrogens (tertiary/aromatic N) is 5. The van der Waals surface area contributed by atoms with Gasteiger partial charge in [-0.1, -0.05) is 11.6 Å². The standard InChI is InChI=1S/C23H27ClN6O3/c1-14-7-15(8-18(20(14)24)23(31)12-32-13-23)19-10-26-21(25)22(28-19)33-17-9-27-30(11-17)16-3-5-29(2)6-4-16/h7-11,16,31H,3-6,12-13H2,1-2H3,(H2,25,26). The molecule has 0 amide bonds. The van der Waals surface area contributed by atoms with Crippen molar-refractivity contribution in [2.45, 2.75) is 31.4 Å². The van der Waals surface area contributed by atoms with Crippen LogP contribution in [-0.2, 0) is 10.3 Å². The van der Waals surface area contributed by atoms with Crippen molar-refractivity contribution in [3.05, 3.63) is 46.9 Å². The normalized spacial score (nSPS) is 18.8. The van der Waals surface area contributed by atoms with E-state index in [0.717, 1.165) is 37.1 Å². The summed E-state index contributed by atoms with van der Waals surface area (Å²) in [6.07, 6.45) is 7.22. The summed E-state index contributed by atoms with van der Waals surface area (Å²) in [6, 6.07) is 4.07. The molecule has 10 heteroatoms. The van der Waals surface area contributed by atoms with E-state index in [0.29, 0.717) is 28.1 Å². The SMILES string of the molecule is Cc1cc(-c2cnc(N)c(Oc3cnn(C4CCN(C)CC4)c3)n2)cc(C2(O)COC2)c1Cl. The van der Waals surface area contributed by atoms with Gasteiger partial charge >= 0.3 is 0 Å². The molecular formula is C23H27ClN6O3. The first-order chi connectivity index (χ1) is 15.8. The summed E-state index contributed by atoms with van der Waals surface area (Å²) in [5.74, 6) is 0.943. The lowest BCUT2D eigenvalue weighted by Crippen LogP contribution is -2.46. The zero-order valence-corrected chi connectivity index (χ0v) is 19.4. The molecule has 3 aromatic rings. The van der Waals surface area contributed by atoms with Crippen LogP contribution in [0.15, 0.2) is 30.7 Å². The molecule has 1 aromatic carbocycles. The lowest BCUT2D eigenvalue weighted by molar-refractivity contribution is -0.184. The Kier molecular flexibility index (Phi) is 5.74. The summed E-state index contributed by atoms with van der Waals surface area (Å²) in [7, 11) is 2.13. The highest BCUT2D eigenvalue weighted by Crippen LogP contribution is 2.39. The summed E-state index contributed by atoms with van der Waals surface area (Å²) >= 11 is 6.48. The first-order valence-corrected chi connectivity index (χ1v) is 11.3. The zero-order chi connectivity index (χ0) is 23.2. The number of nitrogen functional groups attached to an aromatic ring is 1. The van der Waals surface area contributed by atoms with Crippen molar-refractivity contribution in [2.24, 2.45) is 0 Å². The maximum absolute atomic E-state index is 10.8. The van der Waals surface area contributed by atoms with E-state index < -0.39 is 5.60 Å². The first kappa shape index (κ1) is 22.1. The average Bonchev–Trinajstić information content (AvgIpc) is 3.24. The van der Waals surface area contributed by atoms with E-state index in [1.807, 2.05) is 29.9 Å². The molecule has 2 aromatic heterocycles. The van der Waals surface area contributed by atoms with E-state index in [4.69, 9.17) is 26.8 Å². The zero-order valence-electron chi connectivity index (χ0n) is 18.7. The predicted octanol–water partition coefficient (Wildman–Crippen LogP) is 3.16. The second-order valence-corrected chi connectivity index (χ2v) is 9.30. The fourth-order valence-corrected chi connectivity index (χ4v) is 4.53. The lowest BCUT2D eigenvalue weighted by Gasteiger charge is -2.37. The van der Waals surface area contributed by atoms with Crippen LogP contribution in [0, 0.1) is 6.92 Å². The van der Waals surface area contributed by atoms with Crippen molar-refractivity contribution in [2.75, 3.05) is 39.1 Å². The van der Waals surface area contributed by atoms with Gasteiger partial charge in [-0.2, -0.15) is 5.10 Å². The van der Waals surface area contributed by atoms with Gasteiger partial charge in [-0.15, -0.1) is 0 Å². The Balaban J connectivity index is 1.41. The second-order valence-electron chi connectivity index (χ2n) is 8.92. The van der Waals surface area contributed by atoms with Crippen molar-refractivity contribution < 1.29 is 14.6 Å². The number of piperidine rings is 1. The average molecular weight is 471 g/mol. The summed E-state index contributed by atoms with van der Waals surface area (Å²) in [5.41, 5.74) is 7.72. The van der Waals surface area contributed by atoms with Gasteiger partial charge in [0, 0.05) is 16.1 Å². The van der Waals surface area contributed by atoms with E-state index in [1.54, 1.807) is 12.4 Å². The van der Waals surface area contributed by atoms with Gasteiger partial charge in [0.25, 0.3) is 5.88 Å². The van der Waals surface area contributed by atoms with Crippen molar-refractivity contribution >= 4 is 17.4 Å². The van der Waals surface area contributed by atoms with Crippen LogP contribution in [0.2, 0.25) is 5.02 Å². The molecule has 9 nitrogen and oxygen atoms in total. The van der Waals surface area contributed by atoms with Crippen molar-refractivity contribution in [1.82, 2.24) is 24.6 Å².